The maximum atomic E-state index is 13.4. The van der Waals surface area contributed by atoms with Gasteiger partial charge in [0.1, 0.15) is 15.5 Å². The van der Waals surface area contributed by atoms with Crippen LogP contribution in [-0.4, -0.2) is 45.2 Å². The molecule has 0 aliphatic heterocycles. The number of rotatable bonds is 7. The number of carbonyl (C=O) groups is 1. The molecule has 2 aromatic heterocycles. The normalized spacial score (nSPS) is 11.5. The van der Waals surface area contributed by atoms with Crippen molar-refractivity contribution in [2.24, 2.45) is 0 Å². The van der Waals surface area contributed by atoms with E-state index in [1.807, 2.05) is 31.2 Å². The Bertz CT molecular complexity index is 1080. The van der Waals surface area contributed by atoms with Gasteiger partial charge in [-0.05, 0) is 38.6 Å². The minimum absolute atomic E-state index is 0.171. The van der Waals surface area contributed by atoms with Gasteiger partial charge in [0.15, 0.2) is 0 Å². The highest BCUT2D eigenvalue weighted by Crippen LogP contribution is 2.29. The number of aromatic nitrogens is 2. The summed E-state index contributed by atoms with van der Waals surface area (Å²) in [6, 6.07) is 7.88. The second-order valence-electron chi connectivity index (χ2n) is 6.83. The SMILES string of the molecule is CCN(CC)CCn1c(-c2cccc(C)c2)nc2sc(C(=O)O)c(C)c2c1=O. The minimum atomic E-state index is -1.02. The van der Waals surface area contributed by atoms with E-state index in [0.29, 0.717) is 28.1 Å². The smallest absolute Gasteiger partial charge is 0.346 e. The topological polar surface area (TPSA) is 75.4 Å². The maximum absolute atomic E-state index is 13.4. The third kappa shape index (κ3) is 3.72. The molecule has 0 unspecified atom stereocenters. The number of likely N-dealkylation sites (N-methyl/N-ethyl adjacent to an activating group) is 1. The minimum Gasteiger partial charge on any atom is -0.477 e. The van der Waals surface area contributed by atoms with Gasteiger partial charge in [0.25, 0.3) is 5.56 Å². The van der Waals surface area contributed by atoms with Crippen LogP contribution < -0.4 is 5.56 Å². The van der Waals surface area contributed by atoms with Crippen LogP contribution in [0.25, 0.3) is 21.6 Å². The van der Waals surface area contributed by atoms with Crippen LogP contribution in [0.5, 0.6) is 0 Å². The molecular formula is C21H25N3O3S. The van der Waals surface area contributed by atoms with Crippen LogP contribution in [0.3, 0.4) is 0 Å². The fraction of sp³-hybridized carbons (Fsp3) is 0.381. The Morgan fingerprint density at radius 2 is 1.96 bits per heavy atom. The molecule has 0 spiro atoms. The monoisotopic (exact) mass is 399 g/mol. The summed E-state index contributed by atoms with van der Waals surface area (Å²) in [5, 5.41) is 9.87. The zero-order valence-electron chi connectivity index (χ0n) is 16.7. The van der Waals surface area contributed by atoms with Gasteiger partial charge in [-0.1, -0.05) is 37.6 Å². The summed E-state index contributed by atoms with van der Waals surface area (Å²) in [6.45, 7) is 10.9. The Labute approximate surface area is 168 Å². The van der Waals surface area contributed by atoms with Gasteiger partial charge in [0, 0.05) is 18.7 Å². The lowest BCUT2D eigenvalue weighted by Crippen LogP contribution is -2.32. The molecule has 2 heterocycles. The highest BCUT2D eigenvalue weighted by molar-refractivity contribution is 7.20. The number of carboxylic acid groups (broad SMARTS) is 1. The van der Waals surface area contributed by atoms with Crippen molar-refractivity contribution >= 4 is 27.5 Å². The van der Waals surface area contributed by atoms with Gasteiger partial charge in [-0.2, -0.15) is 0 Å². The second kappa shape index (κ2) is 8.24. The van der Waals surface area contributed by atoms with Crippen LogP contribution in [0.4, 0.5) is 0 Å². The largest absolute Gasteiger partial charge is 0.477 e. The predicted octanol–water partition coefficient (Wildman–Crippen LogP) is 3.78. The molecule has 0 radical (unpaired) electrons. The first-order valence-electron chi connectivity index (χ1n) is 9.44. The number of aryl methyl sites for hydroxylation is 2. The first-order valence-corrected chi connectivity index (χ1v) is 10.3. The lowest BCUT2D eigenvalue weighted by atomic mass is 10.1. The number of carboxylic acids is 1. The molecule has 0 amide bonds. The third-order valence-corrected chi connectivity index (χ3v) is 6.23. The van der Waals surface area contributed by atoms with Crippen molar-refractivity contribution in [3.63, 3.8) is 0 Å². The zero-order valence-corrected chi connectivity index (χ0v) is 17.5. The lowest BCUT2D eigenvalue weighted by molar-refractivity contribution is 0.0701. The molecule has 148 valence electrons. The van der Waals surface area contributed by atoms with Crippen molar-refractivity contribution in [1.29, 1.82) is 0 Å². The molecule has 6 nitrogen and oxygen atoms in total. The fourth-order valence-electron chi connectivity index (χ4n) is 3.41. The van der Waals surface area contributed by atoms with Crippen molar-refractivity contribution < 1.29 is 9.90 Å². The van der Waals surface area contributed by atoms with E-state index < -0.39 is 5.97 Å². The Hall–Kier alpha value is -2.51. The molecule has 28 heavy (non-hydrogen) atoms. The van der Waals surface area contributed by atoms with Crippen LogP contribution in [0, 0.1) is 13.8 Å². The molecule has 0 aliphatic rings. The Kier molecular flexibility index (Phi) is 5.96. The molecule has 3 rings (SSSR count). The average molecular weight is 400 g/mol. The van der Waals surface area contributed by atoms with Crippen molar-refractivity contribution in [3.05, 3.63) is 50.6 Å². The van der Waals surface area contributed by atoms with Gasteiger partial charge < -0.3 is 10.0 Å². The van der Waals surface area contributed by atoms with E-state index in [1.54, 1.807) is 11.5 Å². The first-order chi connectivity index (χ1) is 13.4. The number of nitrogens with zero attached hydrogens (tertiary/aromatic N) is 3. The Morgan fingerprint density at radius 1 is 1.25 bits per heavy atom. The molecule has 0 bridgehead atoms. The molecule has 7 heteroatoms. The molecule has 1 aromatic carbocycles. The number of hydrogen-bond donors (Lipinski definition) is 1. The van der Waals surface area contributed by atoms with Crippen molar-refractivity contribution in [3.8, 4) is 11.4 Å². The zero-order chi connectivity index (χ0) is 20.4. The molecule has 3 aromatic rings. The molecule has 0 fully saturated rings. The highest BCUT2D eigenvalue weighted by atomic mass is 32.1. The molecule has 0 saturated carbocycles. The summed E-state index contributed by atoms with van der Waals surface area (Å²) in [7, 11) is 0. The molecule has 0 atom stereocenters. The molecule has 1 N–H and O–H groups in total. The summed E-state index contributed by atoms with van der Waals surface area (Å²) >= 11 is 1.07. The van der Waals surface area contributed by atoms with E-state index in [2.05, 4.69) is 18.7 Å². The van der Waals surface area contributed by atoms with Gasteiger partial charge >= 0.3 is 5.97 Å². The van der Waals surface area contributed by atoms with E-state index in [9.17, 15) is 14.7 Å². The second-order valence-corrected chi connectivity index (χ2v) is 7.83. The average Bonchev–Trinajstić information content (AvgIpc) is 3.01. The third-order valence-electron chi connectivity index (χ3n) is 5.06. The van der Waals surface area contributed by atoms with Gasteiger partial charge in [-0.15, -0.1) is 11.3 Å². The van der Waals surface area contributed by atoms with Gasteiger partial charge in [-0.25, -0.2) is 9.78 Å². The summed E-state index contributed by atoms with van der Waals surface area (Å²) < 4.78 is 1.70. The summed E-state index contributed by atoms with van der Waals surface area (Å²) in [5.41, 5.74) is 2.27. The highest BCUT2D eigenvalue weighted by Gasteiger charge is 2.22. The predicted molar refractivity (Wildman–Crippen MR) is 114 cm³/mol. The van der Waals surface area contributed by atoms with Gasteiger partial charge in [0.2, 0.25) is 0 Å². The Balaban J connectivity index is 2.25. The Morgan fingerprint density at radius 3 is 2.57 bits per heavy atom. The van der Waals surface area contributed by atoms with E-state index in [1.165, 1.54) is 0 Å². The number of fused-ring (bicyclic) bond motifs is 1. The fourth-order valence-corrected chi connectivity index (χ4v) is 4.42. The number of aromatic carboxylic acids is 1. The summed E-state index contributed by atoms with van der Waals surface area (Å²) in [5.74, 6) is -0.432. The van der Waals surface area contributed by atoms with E-state index in [-0.39, 0.29) is 10.4 Å². The van der Waals surface area contributed by atoms with Crippen molar-refractivity contribution in [1.82, 2.24) is 14.5 Å². The number of benzene rings is 1. The van der Waals surface area contributed by atoms with E-state index in [0.717, 1.165) is 42.1 Å². The van der Waals surface area contributed by atoms with Crippen LogP contribution in [-0.2, 0) is 6.54 Å². The van der Waals surface area contributed by atoms with Crippen LogP contribution in [0.1, 0.15) is 34.6 Å². The standard InChI is InChI=1S/C21H25N3O3S/c1-5-23(6-2)10-11-24-18(15-9-7-8-13(3)12-15)22-19-16(20(24)25)14(4)17(28-19)21(26)27/h7-9,12H,5-6,10-11H2,1-4H3,(H,26,27). The first kappa shape index (κ1) is 20.2. The van der Waals surface area contributed by atoms with E-state index in [4.69, 9.17) is 4.98 Å². The van der Waals surface area contributed by atoms with E-state index >= 15 is 0 Å². The quantitative estimate of drug-likeness (QED) is 0.654. The summed E-state index contributed by atoms with van der Waals surface area (Å²) in [4.78, 5) is 32.6. The molecular weight excluding hydrogens is 374 g/mol. The van der Waals surface area contributed by atoms with Crippen LogP contribution in [0.15, 0.2) is 29.1 Å². The van der Waals surface area contributed by atoms with Gasteiger partial charge in [-0.3, -0.25) is 9.36 Å². The van der Waals surface area contributed by atoms with Gasteiger partial charge in [0.05, 0.1) is 5.39 Å². The number of thiophene rings is 1. The maximum Gasteiger partial charge on any atom is 0.346 e. The van der Waals surface area contributed by atoms with Crippen LogP contribution in [0.2, 0.25) is 0 Å². The van der Waals surface area contributed by atoms with Crippen molar-refractivity contribution in [2.75, 3.05) is 19.6 Å². The van der Waals surface area contributed by atoms with Crippen molar-refractivity contribution in [2.45, 2.75) is 34.2 Å². The summed E-state index contributed by atoms with van der Waals surface area (Å²) in [6.07, 6.45) is 0. The number of hydrogen-bond acceptors (Lipinski definition) is 5. The lowest BCUT2D eigenvalue weighted by Gasteiger charge is -2.20. The molecule has 0 aliphatic carbocycles. The molecule has 0 saturated heterocycles. The van der Waals surface area contributed by atoms with Crippen LogP contribution >= 0.6 is 11.3 Å².